The van der Waals surface area contributed by atoms with E-state index in [-0.39, 0.29) is 11.3 Å². The molecule has 1 aromatic heterocycles. The molecule has 1 N–H and O–H groups in total. The number of hydrogen-bond acceptors (Lipinski definition) is 7. The Morgan fingerprint density at radius 3 is 2.46 bits per heavy atom. The van der Waals surface area contributed by atoms with Crippen LogP contribution < -0.4 is 4.90 Å². The molecule has 2 aliphatic heterocycles. The Labute approximate surface area is 204 Å². The summed E-state index contributed by atoms with van der Waals surface area (Å²) < 4.78 is 11.2. The van der Waals surface area contributed by atoms with Crippen molar-refractivity contribution in [1.82, 2.24) is 9.80 Å². The standard InChI is InChI=1S/C27H29N3O5/c1-28(2)20-9-7-18(8-10-20)24-23(25(31)22-17-19-5-3-4-6-21(19)35-22)26(32)27(33)30(24)12-11-29-13-15-34-16-14-29/h3-10,17,24,32H,11-16H2,1-2H3/t24-/m0/s1. The van der Waals surface area contributed by atoms with Gasteiger partial charge in [0.15, 0.2) is 11.5 Å². The van der Waals surface area contributed by atoms with Crippen LogP contribution in [-0.4, -0.2) is 80.1 Å². The van der Waals surface area contributed by atoms with Crippen molar-refractivity contribution in [3.8, 4) is 0 Å². The van der Waals surface area contributed by atoms with Gasteiger partial charge in [-0.05, 0) is 29.8 Å². The van der Waals surface area contributed by atoms with Gasteiger partial charge in [-0.1, -0.05) is 30.3 Å². The number of carbonyl (C=O) groups excluding carboxylic acids is 2. The van der Waals surface area contributed by atoms with Crippen LogP contribution in [0.1, 0.15) is 22.2 Å². The van der Waals surface area contributed by atoms with Crippen molar-refractivity contribution in [2.24, 2.45) is 0 Å². The molecule has 0 aliphatic carbocycles. The van der Waals surface area contributed by atoms with E-state index >= 15 is 0 Å². The lowest BCUT2D eigenvalue weighted by atomic mass is 9.94. The van der Waals surface area contributed by atoms with E-state index in [0.717, 1.165) is 29.7 Å². The highest BCUT2D eigenvalue weighted by molar-refractivity contribution is 6.16. The molecule has 0 saturated carbocycles. The van der Waals surface area contributed by atoms with Crippen LogP contribution in [0.2, 0.25) is 0 Å². The monoisotopic (exact) mass is 475 g/mol. The molecule has 5 rings (SSSR count). The first-order valence-electron chi connectivity index (χ1n) is 11.8. The van der Waals surface area contributed by atoms with Crippen molar-refractivity contribution >= 4 is 28.3 Å². The van der Waals surface area contributed by atoms with E-state index in [2.05, 4.69) is 4.90 Å². The van der Waals surface area contributed by atoms with E-state index in [1.807, 2.05) is 61.5 Å². The van der Waals surface area contributed by atoms with Crippen molar-refractivity contribution in [3.63, 3.8) is 0 Å². The number of furan rings is 1. The topological polar surface area (TPSA) is 86.5 Å². The van der Waals surface area contributed by atoms with Gasteiger partial charge in [-0.15, -0.1) is 0 Å². The number of nitrogens with zero attached hydrogens (tertiary/aromatic N) is 3. The van der Waals surface area contributed by atoms with Crippen molar-refractivity contribution < 1.29 is 23.8 Å². The summed E-state index contributed by atoms with van der Waals surface area (Å²) in [6.45, 7) is 3.88. The van der Waals surface area contributed by atoms with Gasteiger partial charge in [-0.25, -0.2) is 0 Å². The summed E-state index contributed by atoms with van der Waals surface area (Å²) in [4.78, 5) is 32.7. The number of amides is 1. The Morgan fingerprint density at radius 2 is 1.77 bits per heavy atom. The van der Waals surface area contributed by atoms with E-state index < -0.39 is 23.5 Å². The number of aliphatic hydroxyl groups excluding tert-OH is 1. The third kappa shape index (κ3) is 4.42. The van der Waals surface area contributed by atoms with Crippen molar-refractivity contribution in [2.45, 2.75) is 6.04 Å². The van der Waals surface area contributed by atoms with Gasteiger partial charge in [-0.2, -0.15) is 0 Å². The molecule has 3 aromatic rings. The van der Waals surface area contributed by atoms with Crippen LogP contribution in [0.25, 0.3) is 11.0 Å². The highest BCUT2D eigenvalue weighted by atomic mass is 16.5. The number of hydrogen-bond donors (Lipinski definition) is 1. The summed E-state index contributed by atoms with van der Waals surface area (Å²) in [6, 6.07) is 16.0. The Kier molecular flexibility index (Phi) is 6.32. The summed E-state index contributed by atoms with van der Waals surface area (Å²) in [5.74, 6) is -1.44. The zero-order chi connectivity index (χ0) is 24.5. The zero-order valence-electron chi connectivity index (χ0n) is 19.9. The first-order chi connectivity index (χ1) is 16.9. The molecular weight excluding hydrogens is 446 g/mol. The largest absolute Gasteiger partial charge is 0.503 e. The van der Waals surface area contributed by atoms with Gasteiger partial charge in [0.2, 0.25) is 5.78 Å². The number of carbonyl (C=O) groups is 2. The second kappa shape index (κ2) is 9.56. The molecule has 8 nitrogen and oxygen atoms in total. The predicted octanol–water partition coefficient (Wildman–Crippen LogP) is 3.41. The second-order valence-corrected chi connectivity index (χ2v) is 9.08. The Hall–Kier alpha value is -3.62. The van der Waals surface area contributed by atoms with Crippen LogP contribution >= 0.6 is 0 Å². The first kappa shape index (κ1) is 23.1. The molecule has 182 valence electrons. The van der Waals surface area contributed by atoms with E-state index in [9.17, 15) is 14.7 Å². The predicted molar refractivity (Wildman–Crippen MR) is 133 cm³/mol. The van der Waals surface area contributed by atoms with Gasteiger partial charge in [0, 0.05) is 51.3 Å². The lowest BCUT2D eigenvalue weighted by molar-refractivity contribution is -0.129. The van der Waals surface area contributed by atoms with E-state index in [1.54, 1.807) is 17.0 Å². The fourth-order valence-corrected chi connectivity index (χ4v) is 4.72. The fraction of sp³-hybridized carbons (Fsp3) is 0.333. The maximum absolute atomic E-state index is 13.7. The van der Waals surface area contributed by atoms with Crippen LogP contribution in [0.15, 0.2) is 70.3 Å². The number of fused-ring (bicyclic) bond motifs is 1. The quantitative estimate of drug-likeness (QED) is 0.524. The van der Waals surface area contributed by atoms with Crippen molar-refractivity contribution in [1.29, 1.82) is 0 Å². The lowest BCUT2D eigenvalue weighted by Gasteiger charge is -2.31. The SMILES string of the molecule is CN(C)c1ccc([C@H]2C(C(=O)c3cc4ccccc4o3)=C(O)C(=O)N2CCN2CCOCC2)cc1. The molecule has 1 atom stereocenters. The van der Waals surface area contributed by atoms with Gasteiger partial charge in [0.1, 0.15) is 5.58 Å². The number of ether oxygens (including phenoxy) is 1. The Bertz CT molecular complexity index is 1240. The van der Waals surface area contributed by atoms with Crippen LogP contribution in [-0.2, 0) is 9.53 Å². The van der Waals surface area contributed by atoms with E-state index in [4.69, 9.17) is 9.15 Å². The number of Topliss-reactive ketones (excluding diaryl/α,β-unsaturated/α-hetero) is 1. The highest BCUT2D eigenvalue weighted by Gasteiger charge is 2.44. The maximum Gasteiger partial charge on any atom is 0.290 e. The summed E-state index contributed by atoms with van der Waals surface area (Å²) in [5, 5.41) is 11.7. The molecule has 1 amide bonds. The molecule has 2 aromatic carbocycles. The molecule has 0 radical (unpaired) electrons. The number of para-hydroxylation sites is 1. The smallest absolute Gasteiger partial charge is 0.290 e. The Morgan fingerprint density at radius 1 is 1.06 bits per heavy atom. The molecule has 1 fully saturated rings. The molecule has 0 bridgehead atoms. The number of ketones is 1. The summed E-state index contributed by atoms with van der Waals surface area (Å²) in [6.07, 6.45) is 0. The zero-order valence-corrected chi connectivity index (χ0v) is 19.9. The molecule has 2 aliphatic rings. The minimum atomic E-state index is -0.708. The van der Waals surface area contributed by atoms with E-state index in [1.165, 1.54) is 0 Å². The molecule has 3 heterocycles. The van der Waals surface area contributed by atoms with Crippen LogP contribution in [0, 0.1) is 0 Å². The minimum Gasteiger partial charge on any atom is -0.503 e. The molecule has 0 spiro atoms. The average molecular weight is 476 g/mol. The molecule has 1 saturated heterocycles. The first-order valence-corrected chi connectivity index (χ1v) is 11.8. The molecule has 8 heteroatoms. The minimum absolute atomic E-state index is 0.0497. The third-order valence-corrected chi connectivity index (χ3v) is 6.68. The number of rotatable bonds is 7. The van der Waals surface area contributed by atoms with Crippen molar-refractivity contribution in [3.05, 3.63) is 77.3 Å². The van der Waals surface area contributed by atoms with Gasteiger partial charge in [0.25, 0.3) is 5.91 Å². The van der Waals surface area contributed by atoms with Crippen molar-refractivity contribution in [2.75, 3.05) is 58.4 Å². The molecule has 0 unspecified atom stereocenters. The third-order valence-electron chi connectivity index (χ3n) is 6.68. The number of aliphatic hydroxyl groups is 1. The van der Waals surface area contributed by atoms with Crippen LogP contribution in [0.4, 0.5) is 5.69 Å². The normalized spacial score (nSPS) is 19.1. The summed E-state index contributed by atoms with van der Waals surface area (Å²) in [5.41, 5.74) is 2.38. The lowest BCUT2D eigenvalue weighted by Crippen LogP contribution is -2.43. The fourth-order valence-electron chi connectivity index (χ4n) is 4.72. The van der Waals surface area contributed by atoms with Gasteiger partial charge in [0.05, 0.1) is 24.8 Å². The highest BCUT2D eigenvalue weighted by Crippen LogP contribution is 2.40. The van der Waals surface area contributed by atoms with Crippen LogP contribution in [0.5, 0.6) is 0 Å². The Balaban J connectivity index is 1.50. The van der Waals surface area contributed by atoms with Crippen LogP contribution in [0.3, 0.4) is 0 Å². The molecule has 35 heavy (non-hydrogen) atoms. The number of benzene rings is 2. The van der Waals surface area contributed by atoms with Gasteiger partial charge < -0.3 is 24.1 Å². The summed E-state index contributed by atoms with van der Waals surface area (Å²) in [7, 11) is 3.90. The second-order valence-electron chi connectivity index (χ2n) is 9.08. The van der Waals surface area contributed by atoms with E-state index in [0.29, 0.717) is 31.9 Å². The maximum atomic E-state index is 13.7. The number of morpholine rings is 1. The number of anilines is 1. The summed E-state index contributed by atoms with van der Waals surface area (Å²) >= 11 is 0. The van der Waals surface area contributed by atoms with Gasteiger partial charge >= 0.3 is 0 Å². The average Bonchev–Trinajstić information content (AvgIpc) is 3.42. The van der Waals surface area contributed by atoms with Gasteiger partial charge in [-0.3, -0.25) is 14.5 Å². The molecular formula is C27H29N3O5.